The van der Waals surface area contributed by atoms with Crippen LogP contribution in [-0.2, 0) is 16.5 Å². The molecular weight excluding hydrogens is 446 g/mol. The van der Waals surface area contributed by atoms with Gasteiger partial charge >= 0.3 is 6.03 Å². The first-order valence-corrected chi connectivity index (χ1v) is 12.6. The highest BCUT2D eigenvalue weighted by Gasteiger charge is 2.25. The van der Waals surface area contributed by atoms with Gasteiger partial charge in [-0.15, -0.1) is 4.36 Å². The van der Waals surface area contributed by atoms with E-state index >= 15 is 0 Å². The number of amides is 2. The molecule has 4 N–H and O–H groups in total. The molecule has 1 aliphatic heterocycles. The van der Waals surface area contributed by atoms with E-state index in [0.717, 1.165) is 12.0 Å². The number of nitrogens with one attached hydrogen (secondary N) is 2. The topological polar surface area (TPSA) is 146 Å². The number of anilines is 1. The summed E-state index contributed by atoms with van der Waals surface area (Å²) in [6.07, 6.45) is 2.13. The molecule has 1 atom stereocenters. The van der Waals surface area contributed by atoms with Gasteiger partial charge in [-0.05, 0) is 24.4 Å². The second-order valence-corrected chi connectivity index (χ2v) is 10.2. The lowest BCUT2D eigenvalue weighted by atomic mass is 9.97. The van der Waals surface area contributed by atoms with Crippen molar-refractivity contribution in [1.29, 1.82) is 0 Å². The molecule has 0 saturated heterocycles. The van der Waals surface area contributed by atoms with Gasteiger partial charge in [0.2, 0.25) is 11.8 Å². The van der Waals surface area contributed by atoms with Crippen molar-refractivity contribution >= 4 is 21.6 Å². The van der Waals surface area contributed by atoms with Crippen molar-refractivity contribution in [2.24, 2.45) is 9.50 Å². The van der Waals surface area contributed by atoms with Crippen molar-refractivity contribution in [2.45, 2.75) is 57.4 Å². The monoisotopic (exact) mass is 479 g/mol. The van der Waals surface area contributed by atoms with E-state index in [2.05, 4.69) is 25.1 Å². The molecule has 0 aromatic carbocycles. The fourth-order valence-corrected chi connectivity index (χ4v) is 4.45. The van der Waals surface area contributed by atoms with Gasteiger partial charge in [-0.3, -0.25) is 0 Å². The van der Waals surface area contributed by atoms with Crippen molar-refractivity contribution < 1.29 is 18.5 Å². The zero-order valence-electron chi connectivity index (χ0n) is 19.8. The third-order valence-corrected chi connectivity index (χ3v) is 6.45. The largest absolute Gasteiger partial charge is 0.477 e. The Morgan fingerprint density at radius 1 is 1.36 bits per heavy atom. The van der Waals surface area contributed by atoms with Gasteiger partial charge < -0.3 is 20.1 Å². The van der Waals surface area contributed by atoms with Crippen LogP contribution in [0.2, 0.25) is 0 Å². The molecular formula is C21H33N7O4S. The Morgan fingerprint density at radius 3 is 2.79 bits per heavy atom. The number of hydrogen-bond acceptors (Lipinski definition) is 7. The van der Waals surface area contributed by atoms with Crippen LogP contribution in [0.15, 0.2) is 21.5 Å². The third kappa shape index (κ3) is 5.81. The third-order valence-electron chi connectivity index (χ3n) is 5.10. The molecule has 11 nitrogen and oxygen atoms in total. The van der Waals surface area contributed by atoms with Crippen molar-refractivity contribution in [3.05, 3.63) is 23.5 Å². The summed E-state index contributed by atoms with van der Waals surface area (Å²) in [7, 11) is -1.72. The average molecular weight is 480 g/mol. The maximum Gasteiger partial charge on any atom is 0.354 e. The van der Waals surface area contributed by atoms with E-state index < -0.39 is 15.9 Å². The summed E-state index contributed by atoms with van der Waals surface area (Å²) in [5.74, 6) is 0.828. The number of likely N-dealkylation sites (N-methyl/N-ethyl adjacent to an activating group) is 1. The molecule has 2 aromatic heterocycles. The summed E-state index contributed by atoms with van der Waals surface area (Å²) in [4.78, 5) is 17.6. The van der Waals surface area contributed by atoms with Crippen molar-refractivity contribution in [2.75, 3.05) is 32.1 Å². The fraction of sp³-hybridized carbons (Fsp3) is 0.571. The van der Waals surface area contributed by atoms with E-state index in [9.17, 15) is 9.00 Å². The van der Waals surface area contributed by atoms with E-state index in [-0.39, 0.29) is 16.7 Å². The molecule has 2 amide bonds. The Labute approximate surface area is 194 Å². The van der Waals surface area contributed by atoms with Crippen LogP contribution < -0.4 is 25.2 Å². The smallest absolute Gasteiger partial charge is 0.354 e. The van der Waals surface area contributed by atoms with Gasteiger partial charge in [0.15, 0.2) is 9.92 Å². The highest BCUT2D eigenvalue weighted by atomic mass is 32.2. The van der Waals surface area contributed by atoms with Crippen LogP contribution in [0, 0.1) is 0 Å². The SMILES string of the molecule is CNCCOc1cc(C(C)C)c(NC(=O)N=[S@](N)(=O)c2cnn3c2OCCC3)c(C(C)C)n1. The summed E-state index contributed by atoms with van der Waals surface area (Å²) in [5.41, 5.74) is 2.02. The quantitative estimate of drug-likeness (QED) is 0.493. The maximum atomic E-state index is 13.1. The number of rotatable bonds is 8. The first-order valence-electron chi connectivity index (χ1n) is 11.0. The maximum absolute atomic E-state index is 13.1. The van der Waals surface area contributed by atoms with Crippen LogP contribution in [0.25, 0.3) is 0 Å². The summed E-state index contributed by atoms with van der Waals surface area (Å²) in [6, 6.07) is 0.983. The Kier molecular flexibility index (Phi) is 7.92. The number of aromatic nitrogens is 3. The number of ether oxygens (including phenoxy) is 2. The zero-order chi connectivity index (χ0) is 24.2. The lowest BCUT2D eigenvalue weighted by Gasteiger charge is -2.20. The van der Waals surface area contributed by atoms with E-state index in [4.69, 9.17) is 14.6 Å². The molecule has 0 bridgehead atoms. The van der Waals surface area contributed by atoms with Crippen molar-refractivity contribution in [3.63, 3.8) is 0 Å². The standard InChI is InChI=1S/C21H33N7O4S/c1-13(2)15-11-17(31-10-7-23-5)25-18(14(3)4)19(15)26-21(29)27-33(22,30)16-12-24-28-8-6-9-32-20(16)28/h11-14,23H,6-10H2,1-5H3,(H3,22,26,27,29,30)/t33-/m0/s1. The highest BCUT2D eigenvalue weighted by molar-refractivity contribution is 7.91. The summed E-state index contributed by atoms with van der Waals surface area (Å²) >= 11 is 0. The second-order valence-electron chi connectivity index (χ2n) is 8.40. The number of hydrogen-bond donors (Lipinski definition) is 3. The van der Waals surface area contributed by atoms with Gasteiger partial charge in [-0.1, -0.05) is 27.7 Å². The van der Waals surface area contributed by atoms with Crippen LogP contribution in [0.1, 0.15) is 57.2 Å². The lowest BCUT2D eigenvalue weighted by Crippen LogP contribution is -2.21. The summed E-state index contributed by atoms with van der Waals surface area (Å²) in [5, 5.41) is 15.9. The number of fused-ring (bicyclic) bond motifs is 1. The number of aryl methyl sites for hydroxylation is 1. The predicted octanol–water partition coefficient (Wildman–Crippen LogP) is 2.84. The molecule has 2 aromatic rings. The minimum atomic E-state index is -3.56. The van der Waals surface area contributed by atoms with Gasteiger partial charge in [0.1, 0.15) is 11.5 Å². The molecule has 0 saturated carbocycles. The van der Waals surface area contributed by atoms with Crippen molar-refractivity contribution in [1.82, 2.24) is 20.1 Å². The molecule has 0 aliphatic carbocycles. The van der Waals surface area contributed by atoms with Crippen LogP contribution >= 0.6 is 0 Å². The average Bonchev–Trinajstić information content (AvgIpc) is 3.19. The van der Waals surface area contributed by atoms with Crippen LogP contribution in [0.5, 0.6) is 11.8 Å². The second kappa shape index (κ2) is 10.5. The number of carbonyl (C=O) groups is 1. The Morgan fingerprint density at radius 2 is 2.12 bits per heavy atom. The minimum absolute atomic E-state index is 0.0102. The first kappa shape index (κ1) is 24.9. The molecule has 33 heavy (non-hydrogen) atoms. The molecule has 0 spiro atoms. The van der Waals surface area contributed by atoms with Gasteiger partial charge in [0.05, 0.1) is 24.2 Å². The minimum Gasteiger partial charge on any atom is -0.477 e. The molecule has 3 rings (SSSR count). The Balaban J connectivity index is 1.95. The summed E-state index contributed by atoms with van der Waals surface area (Å²) in [6.45, 7) is 10.2. The van der Waals surface area contributed by atoms with E-state index in [1.807, 2.05) is 40.8 Å². The fourth-order valence-electron chi connectivity index (χ4n) is 3.45. The number of carbonyl (C=O) groups excluding carboxylic acids is 1. The molecule has 1 aliphatic rings. The number of nitrogens with zero attached hydrogens (tertiary/aromatic N) is 4. The summed E-state index contributed by atoms with van der Waals surface area (Å²) < 4.78 is 29.8. The molecule has 0 unspecified atom stereocenters. The number of urea groups is 1. The van der Waals surface area contributed by atoms with Crippen LogP contribution in [0.3, 0.4) is 0 Å². The van der Waals surface area contributed by atoms with Gasteiger partial charge in [-0.25, -0.2) is 23.8 Å². The van der Waals surface area contributed by atoms with E-state index in [1.54, 1.807) is 4.68 Å². The normalized spacial score (nSPS) is 15.0. The van der Waals surface area contributed by atoms with Gasteiger partial charge in [0.25, 0.3) is 0 Å². The van der Waals surface area contributed by atoms with E-state index in [0.29, 0.717) is 49.4 Å². The molecule has 0 radical (unpaired) electrons. The van der Waals surface area contributed by atoms with Gasteiger partial charge in [-0.2, -0.15) is 5.10 Å². The number of pyridine rings is 1. The first-order chi connectivity index (χ1) is 15.6. The molecule has 12 heteroatoms. The molecule has 182 valence electrons. The molecule has 0 fully saturated rings. The molecule has 3 heterocycles. The van der Waals surface area contributed by atoms with Crippen LogP contribution in [-0.4, -0.2) is 51.8 Å². The Bertz CT molecular complexity index is 1090. The lowest BCUT2D eigenvalue weighted by molar-refractivity contribution is 0.224. The van der Waals surface area contributed by atoms with E-state index in [1.165, 1.54) is 6.20 Å². The predicted molar refractivity (Wildman–Crippen MR) is 126 cm³/mol. The highest BCUT2D eigenvalue weighted by Crippen LogP contribution is 2.34. The number of nitrogens with two attached hydrogens (primary N) is 1. The zero-order valence-corrected chi connectivity index (χ0v) is 20.6. The van der Waals surface area contributed by atoms with Crippen LogP contribution in [0.4, 0.5) is 10.5 Å². The van der Waals surface area contributed by atoms with Crippen molar-refractivity contribution in [3.8, 4) is 11.8 Å². The Hall–Kier alpha value is -2.70. The van der Waals surface area contributed by atoms with Gasteiger partial charge in [0, 0.05) is 25.6 Å².